The molecule has 0 radical (unpaired) electrons. The zero-order valence-electron chi connectivity index (χ0n) is 16.8. The van der Waals surface area contributed by atoms with E-state index in [9.17, 15) is 5.11 Å². The van der Waals surface area contributed by atoms with E-state index in [0.717, 1.165) is 110 Å². The molecule has 156 valence electrons. The van der Waals surface area contributed by atoms with Gasteiger partial charge in [0.1, 0.15) is 5.75 Å². The van der Waals surface area contributed by atoms with Gasteiger partial charge in [-0.1, -0.05) is 0 Å². The summed E-state index contributed by atoms with van der Waals surface area (Å²) in [5.41, 5.74) is 3.36. The van der Waals surface area contributed by atoms with E-state index in [-0.39, 0.29) is 0 Å². The lowest BCUT2D eigenvalue weighted by Crippen LogP contribution is -2.37. The first-order valence-corrected chi connectivity index (χ1v) is 10.5. The van der Waals surface area contributed by atoms with Crippen LogP contribution in [0.3, 0.4) is 0 Å². The fourth-order valence-corrected chi connectivity index (χ4v) is 4.18. The molecule has 3 fully saturated rings. The molecule has 1 aromatic rings. The lowest BCUT2D eigenvalue weighted by atomic mass is 10.0. The van der Waals surface area contributed by atoms with Crippen molar-refractivity contribution in [3.63, 3.8) is 0 Å². The van der Waals surface area contributed by atoms with Crippen molar-refractivity contribution in [1.29, 1.82) is 0 Å². The lowest BCUT2D eigenvalue weighted by molar-refractivity contribution is 0.0320. The molecule has 7 heteroatoms. The van der Waals surface area contributed by atoms with Crippen LogP contribution >= 0.6 is 0 Å². The Bertz CT molecular complexity index is 583. The van der Waals surface area contributed by atoms with Gasteiger partial charge in [0.15, 0.2) is 0 Å². The van der Waals surface area contributed by atoms with Crippen LogP contribution in [0.15, 0.2) is 12.1 Å². The summed E-state index contributed by atoms with van der Waals surface area (Å²) in [7, 11) is 0. The Labute approximate surface area is 167 Å². The highest BCUT2D eigenvalue weighted by Crippen LogP contribution is 2.28. The minimum atomic E-state index is 0.462. The van der Waals surface area contributed by atoms with E-state index < -0.39 is 0 Å². The molecule has 7 nitrogen and oxygen atoms in total. The third-order valence-corrected chi connectivity index (χ3v) is 5.83. The van der Waals surface area contributed by atoms with Crippen molar-refractivity contribution in [2.24, 2.45) is 0 Å². The number of aromatic hydroxyl groups is 1. The molecule has 0 atom stereocenters. The van der Waals surface area contributed by atoms with Crippen molar-refractivity contribution in [2.75, 3.05) is 78.9 Å². The van der Waals surface area contributed by atoms with Crippen molar-refractivity contribution in [1.82, 2.24) is 14.7 Å². The number of hydrogen-bond donors (Lipinski definition) is 1. The summed E-state index contributed by atoms with van der Waals surface area (Å²) >= 11 is 0. The molecule has 4 rings (SSSR count). The number of benzene rings is 1. The molecule has 0 spiro atoms. The Morgan fingerprint density at radius 3 is 1.36 bits per heavy atom. The van der Waals surface area contributed by atoms with Crippen LogP contribution in [0.4, 0.5) is 0 Å². The van der Waals surface area contributed by atoms with Gasteiger partial charge in [-0.2, -0.15) is 0 Å². The Morgan fingerprint density at radius 1 is 0.607 bits per heavy atom. The third kappa shape index (κ3) is 5.43. The predicted molar refractivity (Wildman–Crippen MR) is 106 cm³/mol. The summed E-state index contributed by atoms with van der Waals surface area (Å²) in [5.74, 6) is 0.462. The molecule has 3 aliphatic rings. The summed E-state index contributed by atoms with van der Waals surface area (Å²) in [6.07, 6.45) is 0. The second kappa shape index (κ2) is 10.0. The van der Waals surface area contributed by atoms with Crippen LogP contribution in [-0.4, -0.2) is 98.7 Å². The van der Waals surface area contributed by atoms with Gasteiger partial charge in [-0.15, -0.1) is 0 Å². The van der Waals surface area contributed by atoms with Crippen LogP contribution < -0.4 is 0 Å². The van der Waals surface area contributed by atoms with Gasteiger partial charge >= 0.3 is 0 Å². The van der Waals surface area contributed by atoms with Crippen LogP contribution in [0.5, 0.6) is 5.75 Å². The fourth-order valence-electron chi connectivity index (χ4n) is 4.18. The zero-order valence-corrected chi connectivity index (χ0v) is 16.8. The lowest BCUT2D eigenvalue weighted by Gasteiger charge is -2.30. The summed E-state index contributed by atoms with van der Waals surface area (Å²) in [6, 6.07) is 4.39. The molecular formula is C21H33N3O4. The van der Waals surface area contributed by atoms with Crippen molar-refractivity contribution >= 4 is 0 Å². The number of phenols is 1. The SMILES string of the molecule is Oc1c(CN2CCOCC2)cc(CN2CCOCC2)cc1CN1CCOCC1. The Balaban J connectivity index is 1.53. The molecule has 3 saturated heterocycles. The van der Waals surface area contributed by atoms with Gasteiger partial charge < -0.3 is 19.3 Å². The monoisotopic (exact) mass is 391 g/mol. The van der Waals surface area contributed by atoms with Gasteiger partial charge in [0.2, 0.25) is 0 Å². The number of morpholine rings is 3. The van der Waals surface area contributed by atoms with E-state index in [2.05, 4.69) is 26.8 Å². The molecule has 1 N–H and O–H groups in total. The predicted octanol–water partition coefficient (Wildman–Crippen LogP) is 0.889. The summed E-state index contributed by atoms with van der Waals surface area (Å²) < 4.78 is 16.4. The van der Waals surface area contributed by atoms with E-state index in [1.807, 2.05) is 0 Å². The first-order valence-electron chi connectivity index (χ1n) is 10.5. The molecule has 28 heavy (non-hydrogen) atoms. The third-order valence-electron chi connectivity index (χ3n) is 5.83. The quantitative estimate of drug-likeness (QED) is 0.773. The molecule has 3 heterocycles. The van der Waals surface area contributed by atoms with Gasteiger partial charge in [0.25, 0.3) is 0 Å². The van der Waals surface area contributed by atoms with E-state index in [1.165, 1.54) is 5.56 Å². The van der Waals surface area contributed by atoms with Gasteiger partial charge in [0, 0.05) is 70.0 Å². The minimum absolute atomic E-state index is 0.462. The highest BCUT2D eigenvalue weighted by molar-refractivity contribution is 5.44. The van der Waals surface area contributed by atoms with Crippen molar-refractivity contribution < 1.29 is 19.3 Å². The zero-order chi connectivity index (χ0) is 19.2. The molecule has 0 amide bonds. The number of phenolic OH excluding ortho intramolecular Hbond substituents is 1. The van der Waals surface area contributed by atoms with Crippen LogP contribution in [0.25, 0.3) is 0 Å². The maximum atomic E-state index is 11.0. The normalized spacial score (nSPS) is 23.1. The number of hydrogen-bond acceptors (Lipinski definition) is 7. The average molecular weight is 392 g/mol. The molecule has 0 bridgehead atoms. The largest absolute Gasteiger partial charge is 0.507 e. The highest BCUT2D eigenvalue weighted by Gasteiger charge is 2.20. The standard InChI is InChI=1S/C21H33N3O4/c25-21-19(16-23-3-9-27-10-4-23)13-18(15-22-1-7-26-8-2-22)14-20(21)17-24-5-11-28-12-6-24/h13-14,25H,1-12,15-17H2. The van der Waals surface area contributed by atoms with Crippen LogP contribution in [0.2, 0.25) is 0 Å². The van der Waals surface area contributed by atoms with Gasteiger partial charge in [-0.3, -0.25) is 14.7 Å². The molecule has 0 aliphatic carbocycles. The topological polar surface area (TPSA) is 57.6 Å². The number of rotatable bonds is 6. The van der Waals surface area contributed by atoms with Crippen molar-refractivity contribution in [2.45, 2.75) is 19.6 Å². The summed E-state index contributed by atoms with van der Waals surface area (Å²) in [5, 5.41) is 11.0. The summed E-state index contributed by atoms with van der Waals surface area (Å²) in [6.45, 7) is 12.8. The first kappa shape index (κ1) is 20.1. The van der Waals surface area contributed by atoms with Crippen molar-refractivity contribution in [3.8, 4) is 5.75 Å². The van der Waals surface area contributed by atoms with Gasteiger partial charge in [0.05, 0.1) is 39.6 Å². The number of ether oxygens (including phenoxy) is 3. The molecule has 1 aromatic carbocycles. The average Bonchev–Trinajstić information content (AvgIpc) is 2.74. The van der Waals surface area contributed by atoms with Gasteiger partial charge in [-0.25, -0.2) is 0 Å². The van der Waals surface area contributed by atoms with E-state index in [0.29, 0.717) is 5.75 Å². The van der Waals surface area contributed by atoms with Crippen LogP contribution in [0, 0.1) is 0 Å². The Kier molecular flexibility index (Phi) is 7.17. The van der Waals surface area contributed by atoms with E-state index >= 15 is 0 Å². The number of nitrogens with zero attached hydrogens (tertiary/aromatic N) is 3. The summed E-state index contributed by atoms with van der Waals surface area (Å²) in [4.78, 5) is 7.18. The highest BCUT2D eigenvalue weighted by atomic mass is 16.5. The maximum Gasteiger partial charge on any atom is 0.124 e. The van der Waals surface area contributed by atoms with Gasteiger partial charge in [-0.05, 0) is 17.7 Å². The minimum Gasteiger partial charge on any atom is -0.507 e. The molecule has 0 aromatic heterocycles. The second-order valence-corrected chi connectivity index (χ2v) is 7.93. The van der Waals surface area contributed by atoms with Crippen molar-refractivity contribution in [3.05, 3.63) is 28.8 Å². The smallest absolute Gasteiger partial charge is 0.124 e. The van der Waals surface area contributed by atoms with Crippen LogP contribution in [-0.2, 0) is 33.8 Å². The molecule has 0 saturated carbocycles. The maximum absolute atomic E-state index is 11.0. The first-order chi connectivity index (χ1) is 13.8. The molecule has 0 unspecified atom stereocenters. The molecule has 3 aliphatic heterocycles. The molecular weight excluding hydrogens is 358 g/mol. The van der Waals surface area contributed by atoms with Crippen LogP contribution in [0.1, 0.15) is 16.7 Å². The second-order valence-electron chi connectivity index (χ2n) is 7.93. The Morgan fingerprint density at radius 2 is 0.964 bits per heavy atom. The fraction of sp³-hybridized carbons (Fsp3) is 0.714. The van der Waals surface area contributed by atoms with E-state index in [4.69, 9.17) is 14.2 Å². The Hall–Kier alpha value is -1.22. The van der Waals surface area contributed by atoms with E-state index in [1.54, 1.807) is 0 Å².